The van der Waals surface area contributed by atoms with Crippen LogP contribution < -0.4 is 11.1 Å². The highest BCUT2D eigenvalue weighted by molar-refractivity contribution is 5.48. The van der Waals surface area contributed by atoms with E-state index in [9.17, 15) is 4.79 Å². The summed E-state index contributed by atoms with van der Waals surface area (Å²) in [6, 6.07) is 0. The quantitative estimate of drug-likeness (QED) is 0.446. The average Bonchev–Trinajstić information content (AvgIpc) is 2.15. The maximum Gasteiger partial charge on any atom is 0.119 e. The van der Waals surface area contributed by atoms with Crippen LogP contribution in [0.25, 0.3) is 0 Å². The van der Waals surface area contributed by atoms with Crippen LogP contribution in [0.2, 0.25) is 0 Å². The van der Waals surface area contributed by atoms with E-state index in [2.05, 4.69) is 18.0 Å². The Balaban J connectivity index is 0. The Morgan fingerprint density at radius 1 is 1.25 bits per heavy atom. The minimum absolute atomic E-state index is 0.728. The third-order valence-electron chi connectivity index (χ3n) is 1.43. The van der Waals surface area contributed by atoms with Crippen molar-refractivity contribution in [1.82, 2.24) is 5.32 Å². The van der Waals surface area contributed by atoms with E-state index in [0.717, 1.165) is 32.2 Å². The fourth-order valence-corrected chi connectivity index (χ4v) is 0.831. The molecule has 0 aliphatic carbocycles. The number of nitrogens with one attached hydrogen (secondary N) is 1. The topological polar surface area (TPSA) is 55.1 Å². The summed E-state index contributed by atoms with van der Waals surface area (Å²) in [6.07, 6.45) is 5.14. The molecule has 0 heterocycles. The van der Waals surface area contributed by atoms with Crippen molar-refractivity contribution in [2.75, 3.05) is 20.1 Å². The lowest BCUT2D eigenvalue weighted by atomic mass is 10.2. The van der Waals surface area contributed by atoms with Crippen molar-refractivity contribution in [3.8, 4) is 0 Å². The van der Waals surface area contributed by atoms with Crippen LogP contribution in [-0.4, -0.2) is 26.4 Å². The van der Waals surface area contributed by atoms with E-state index in [0.29, 0.717) is 0 Å². The molecule has 3 nitrogen and oxygen atoms in total. The first kappa shape index (κ1) is 14.1. The highest BCUT2D eigenvalue weighted by atomic mass is 16.1. The molecule has 0 bridgehead atoms. The third kappa shape index (κ3) is 16.3. The molecule has 0 atom stereocenters. The van der Waals surface area contributed by atoms with Gasteiger partial charge in [0.1, 0.15) is 6.29 Å². The summed E-state index contributed by atoms with van der Waals surface area (Å²) >= 11 is 0. The number of hydrogen-bond acceptors (Lipinski definition) is 3. The number of aldehydes is 1. The first-order valence-corrected chi connectivity index (χ1v) is 4.64. The van der Waals surface area contributed by atoms with Gasteiger partial charge in [0.2, 0.25) is 0 Å². The minimum Gasteiger partial charge on any atom is -0.333 e. The van der Waals surface area contributed by atoms with Gasteiger partial charge in [-0.25, -0.2) is 0 Å². The Labute approximate surface area is 75.7 Å². The molecule has 0 saturated carbocycles. The van der Waals surface area contributed by atoms with Crippen LogP contribution in [0.3, 0.4) is 0 Å². The summed E-state index contributed by atoms with van der Waals surface area (Å²) in [5.41, 5.74) is 4.50. The van der Waals surface area contributed by atoms with Gasteiger partial charge >= 0.3 is 0 Å². The molecule has 0 amide bonds. The number of rotatable bonds is 7. The summed E-state index contributed by atoms with van der Waals surface area (Å²) in [6.45, 7) is 4.24. The van der Waals surface area contributed by atoms with Crippen molar-refractivity contribution >= 4 is 6.29 Å². The summed E-state index contributed by atoms with van der Waals surface area (Å²) in [5, 5.41) is 3.24. The second kappa shape index (κ2) is 16.9. The average molecular weight is 174 g/mol. The Bertz CT molecular complexity index is 76.9. The molecule has 74 valence electrons. The molecule has 12 heavy (non-hydrogen) atoms. The molecule has 0 fully saturated rings. The van der Waals surface area contributed by atoms with Gasteiger partial charge in [0.05, 0.1) is 0 Å². The second-order valence-corrected chi connectivity index (χ2v) is 2.37. The number of hydrogen-bond donors (Lipinski definition) is 2. The van der Waals surface area contributed by atoms with Crippen LogP contribution in [0.5, 0.6) is 0 Å². The lowest BCUT2D eigenvalue weighted by Crippen LogP contribution is -2.13. The smallest absolute Gasteiger partial charge is 0.119 e. The summed E-state index contributed by atoms with van der Waals surface area (Å²) < 4.78 is 0. The molecule has 0 radical (unpaired) electrons. The molecule has 0 unspecified atom stereocenters. The van der Waals surface area contributed by atoms with Crippen molar-refractivity contribution < 1.29 is 4.79 Å². The van der Waals surface area contributed by atoms with E-state index in [1.165, 1.54) is 19.9 Å². The van der Waals surface area contributed by atoms with Gasteiger partial charge in [0, 0.05) is 6.42 Å². The van der Waals surface area contributed by atoms with Crippen LogP contribution >= 0.6 is 0 Å². The highest BCUT2D eigenvalue weighted by Crippen LogP contribution is 1.95. The molecule has 0 saturated heterocycles. The predicted molar refractivity (Wildman–Crippen MR) is 53.2 cm³/mol. The van der Waals surface area contributed by atoms with Gasteiger partial charge in [0.25, 0.3) is 0 Å². The number of carbonyl (C=O) groups is 1. The maximum atomic E-state index is 9.88. The van der Waals surface area contributed by atoms with Gasteiger partial charge in [-0.2, -0.15) is 0 Å². The zero-order valence-electron chi connectivity index (χ0n) is 8.31. The van der Waals surface area contributed by atoms with Gasteiger partial charge in [-0.05, 0) is 33.0 Å². The lowest BCUT2D eigenvalue weighted by molar-refractivity contribution is -0.107. The Hall–Kier alpha value is -0.410. The largest absolute Gasteiger partial charge is 0.333 e. The molecule has 0 aromatic heterocycles. The van der Waals surface area contributed by atoms with Crippen molar-refractivity contribution in [3.05, 3.63) is 0 Å². The molecule has 0 aromatic rings. The molecule has 0 aromatic carbocycles. The number of unbranched alkanes of at least 4 members (excludes halogenated alkanes) is 3. The van der Waals surface area contributed by atoms with Gasteiger partial charge in [-0.3, -0.25) is 0 Å². The standard InChI is InChI=1S/C8H17NO.CH5N/c1-2-9-7-5-3-4-6-8-10;1-2/h8-9H,2-7H2,1H3;2H2,1H3. The van der Waals surface area contributed by atoms with Crippen LogP contribution in [-0.2, 0) is 4.79 Å². The molecular formula is C9H22N2O. The van der Waals surface area contributed by atoms with Gasteiger partial charge in [-0.1, -0.05) is 13.3 Å². The van der Waals surface area contributed by atoms with Crippen LogP contribution in [0, 0.1) is 0 Å². The van der Waals surface area contributed by atoms with E-state index in [1.807, 2.05) is 0 Å². The first-order valence-electron chi connectivity index (χ1n) is 4.64. The van der Waals surface area contributed by atoms with E-state index in [1.54, 1.807) is 0 Å². The molecule has 3 heteroatoms. The third-order valence-corrected chi connectivity index (χ3v) is 1.43. The lowest BCUT2D eigenvalue weighted by Gasteiger charge is -1.98. The highest BCUT2D eigenvalue weighted by Gasteiger charge is 1.86. The first-order chi connectivity index (χ1) is 5.91. The minimum atomic E-state index is 0.728. The maximum absolute atomic E-state index is 9.88. The fraction of sp³-hybridized carbons (Fsp3) is 0.889. The molecule has 3 N–H and O–H groups in total. The number of carbonyl (C=O) groups excluding carboxylic acids is 1. The summed E-state index contributed by atoms with van der Waals surface area (Å²) in [4.78, 5) is 9.88. The van der Waals surface area contributed by atoms with E-state index < -0.39 is 0 Å². The SMILES string of the molecule is CCNCCCCCC=O.CN. The van der Waals surface area contributed by atoms with E-state index >= 15 is 0 Å². The zero-order chi connectivity index (χ0) is 9.66. The number of nitrogens with two attached hydrogens (primary N) is 1. The van der Waals surface area contributed by atoms with Gasteiger partial charge in [-0.15, -0.1) is 0 Å². The zero-order valence-corrected chi connectivity index (χ0v) is 8.31. The second-order valence-electron chi connectivity index (χ2n) is 2.37. The fourth-order valence-electron chi connectivity index (χ4n) is 0.831. The monoisotopic (exact) mass is 174 g/mol. The summed E-state index contributed by atoms with van der Waals surface area (Å²) in [5.74, 6) is 0. The molecule has 0 spiro atoms. The molecule has 0 rings (SSSR count). The van der Waals surface area contributed by atoms with E-state index in [4.69, 9.17) is 0 Å². The molecule has 0 aliphatic heterocycles. The van der Waals surface area contributed by atoms with E-state index in [-0.39, 0.29) is 0 Å². The van der Waals surface area contributed by atoms with Gasteiger partial charge < -0.3 is 15.8 Å². The van der Waals surface area contributed by atoms with Crippen molar-refractivity contribution in [2.45, 2.75) is 32.6 Å². The van der Waals surface area contributed by atoms with Crippen LogP contribution in [0.15, 0.2) is 0 Å². The predicted octanol–water partition coefficient (Wildman–Crippen LogP) is 0.930. The van der Waals surface area contributed by atoms with Crippen molar-refractivity contribution in [1.29, 1.82) is 0 Å². The van der Waals surface area contributed by atoms with Crippen molar-refractivity contribution in [2.24, 2.45) is 5.73 Å². The normalized spacial score (nSPS) is 8.58. The Morgan fingerprint density at radius 2 is 1.92 bits per heavy atom. The molecular weight excluding hydrogens is 152 g/mol. The Morgan fingerprint density at radius 3 is 2.42 bits per heavy atom. The van der Waals surface area contributed by atoms with Crippen LogP contribution in [0.1, 0.15) is 32.6 Å². The van der Waals surface area contributed by atoms with Gasteiger partial charge in [0.15, 0.2) is 0 Å². The van der Waals surface area contributed by atoms with Crippen molar-refractivity contribution in [3.63, 3.8) is 0 Å². The summed E-state index contributed by atoms with van der Waals surface area (Å²) in [7, 11) is 1.50. The Kier molecular flexibility index (Phi) is 19.9. The van der Waals surface area contributed by atoms with Crippen LogP contribution in [0.4, 0.5) is 0 Å². The molecule has 0 aliphatic rings.